The normalized spacial score (nSPS) is 9.00. The van der Waals surface area contributed by atoms with Gasteiger partial charge in [-0.3, -0.25) is 0 Å². The van der Waals surface area contributed by atoms with E-state index in [4.69, 9.17) is 21.5 Å². The summed E-state index contributed by atoms with van der Waals surface area (Å²) in [5, 5.41) is 8.59. The summed E-state index contributed by atoms with van der Waals surface area (Å²) in [7, 11) is 1.38. The van der Waals surface area contributed by atoms with Gasteiger partial charge in [-0.15, -0.1) is 0 Å². The van der Waals surface area contributed by atoms with Gasteiger partial charge < -0.3 is 16.2 Å². The smallest absolute Gasteiger partial charge is 0.238 e. The zero-order chi connectivity index (χ0) is 9.14. The molecule has 0 saturated carbocycles. The van der Waals surface area contributed by atoms with Crippen molar-refractivity contribution in [1.29, 1.82) is 5.26 Å². The SMILES string of the molecule is COc1nc(N)nc(N)c1C#N. The van der Waals surface area contributed by atoms with Crippen LogP contribution in [0.1, 0.15) is 5.56 Å². The van der Waals surface area contributed by atoms with Gasteiger partial charge in [-0.05, 0) is 0 Å². The van der Waals surface area contributed by atoms with Crippen LogP contribution in [0.15, 0.2) is 0 Å². The minimum absolute atomic E-state index is 0.0108. The molecular formula is C6H7N5O. The molecule has 1 aromatic heterocycles. The first kappa shape index (κ1) is 8.07. The highest BCUT2D eigenvalue weighted by Crippen LogP contribution is 2.19. The Morgan fingerprint density at radius 2 is 2.08 bits per heavy atom. The van der Waals surface area contributed by atoms with Gasteiger partial charge in [-0.2, -0.15) is 15.2 Å². The molecule has 0 amide bonds. The number of hydrogen-bond donors (Lipinski definition) is 2. The number of ether oxygens (including phenoxy) is 1. The summed E-state index contributed by atoms with van der Waals surface area (Å²) >= 11 is 0. The standard InChI is InChI=1S/C6H7N5O/c1-12-5-3(2-7)4(8)10-6(9)11-5/h1H3,(H4,8,9,10,11). The van der Waals surface area contributed by atoms with Crippen LogP contribution in [0.3, 0.4) is 0 Å². The highest BCUT2D eigenvalue weighted by Gasteiger charge is 2.10. The molecule has 0 spiro atoms. The Labute approximate surface area is 68.8 Å². The van der Waals surface area contributed by atoms with Gasteiger partial charge in [-0.1, -0.05) is 0 Å². The van der Waals surface area contributed by atoms with E-state index in [1.807, 2.05) is 6.07 Å². The largest absolute Gasteiger partial charge is 0.480 e. The van der Waals surface area contributed by atoms with Crippen molar-refractivity contribution in [2.75, 3.05) is 18.6 Å². The Morgan fingerprint density at radius 1 is 1.42 bits per heavy atom. The molecule has 0 bridgehead atoms. The molecule has 0 aromatic carbocycles. The molecular weight excluding hydrogens is 158 g/mol. The van der Waals surface area contributed by atoms with E-state index in [-0.39, 0.29) is 23.2 Å². The van der Waals surface area contributed by atoms with Gasteiger partial charge in [-0.25, -0.2) is 0 Å². The van der Waals surface area contributed by atoms with Crippen LogP contribution >= 0.6 is 0 Å². The van der Waals surface area contributed by atoms with Gasteiger partial charge in [0.15, 0.2) is 11.4 Å². The van der Waals surface area contributed by atoms with E-state index in [9.17, 15) is 0 Å². The Kier molecular flexibility index (Phi) is 1.96. The molecule has 6 heteroatoms. The zero-order valence-electron chi connectivity index (χ0n) is 6.40. The maximum Gasteiger partial charge on any atom is 0.238 e. The molecule has 62 valence electrons. The topological polar surface area (TPSA) is 111 Å². The molecule has 4 N–H and O–H groups in total. The van der Waals surface area contributed by atoms with Crippen molar-refractivity contribution >= 4 is 11.8 Å². The van der Waals surface area contributed by atoms with Crippen LogP contribution < -0.4 is 16.2 Å². The number of nitrogen functional groups attached to an aromatic ring is 2. The molecule has 0 unspecified atom stereocenters. The summed E-state index contributed by atoms with van der Waals surface area (Å²) in [4.78, 5) is 7.26. The molecule has 0 radical (unpaired) electrons. The van der Waals surface area contributed by atoms with Crippen LogP contribution in [0.4, 0.5) is 11.8 Å². The Balaban J connectivity index is 3.36. The first-order chi connectivity index (χ1) is 5.69. The van der Waals surface area contributed by atoms with Crippen LogP contribution in [-0.4, -0.2) is 17.1 Å². The third-order valence-corrected chi connectivity index (χ3v) is 1.23. The van der Waals surface area contributed by atoms with Crippen molar-refractivity contribution in [3.8, 4) is 11.9 Å². The number of aromatic nitrogens is 2. The van der Waals surface area contributed by atoms with Crippen LogP contribution in [0.2, 0.25) is 0 Å². The van der Waals surface area contributed by atoms with Crippen molar-refractivity contribution in [3.05, 3.63) is 5.56 Å². The fraction of sp³-hybridized carbons (Fsp3) is 0.167. The van der Waals surface area contributed by atoms with Crippen LogP contribution in [0.5, 0.6) is 5.88 Å². The molecule has 1 aromatic rings. The number of methoxy groups -OCH3 is 1. The summed E-state index contributed by atoms with van der Waals surface area (Å²) in [5.41, 5.74) is 10.7. The fourth-order valence-electron chi connectivity index (χ4n) is 0.727. The average molecular weight is 165 g/mol. The van der Waals surface area contributed by atoms with E-state index in [0.29, 0.717) is 0 Å². The van der Waals surface area contributed by atoms with Crippen molar-refractivity contribution in [3.63, 3.8) is 0 Å². The molecule has 0 saturated heterocycles. The minimum Gasteiger partial charge on any atom is -0.480 e. The maximum atomic E-state index is 8.59. The first-order valence-electron chi connectivity index (χ1n) is 3.06. The van der Waals surface area contributed by atoms with Crippen molar-refractivity contribution in [2.24, 2.45) is 0 Å². The second-order valence-electron chi connectivity index (χ2n) is 1.96. The average Bonchev–Trinajstić information content (AvgIpc) is 2.03. The lowest BCUT2D eigenvalue weighted by Crippen LogP contribution is -2.04. The van der Waals surface area contributed by atoms with E-state index < -0.39 is 0 Å². The van der Waals surface area contributed by atoms with Crippen LogP contribution in [-0.2, 0) is 0 Å². The molecule has 6 nitrogen and oxygen atoms in total. The van der Waals surface area contributed by atoms with E-state index in [1.54, 1.807) is 0 Å². The number of nitrogens with two attached hydrogens (primary N) is 2. The maximum absolute atomic E-state index is 8.59. The molecule has 12 heavy (non-hydrogen) atoms. The van der Waals surface area contributed by atoms with Crippen LogP contribution in [0, 0.1) is 11.3 Å². The zero-order valence-corrected chi connectivity index (χ0v) is 6.40. The molecule has 0 atom stereocenters. The van der Waals surface area contributed by atoms with Gasteiger partial charge in [0.25, 0.3) is 0 Å². The summed E-state index contributed by atoms with van der Waals surface area (Å²) in [6.07, 6.45) is 0. The fourth-order valence-corrected chi connectivity index (χ4v) is 0.727. The number of rotatable bonds is 1. The number of hydrogen-bond acceptors (Lipinski definition) is 6. The molecule has 1 rings (SSSR count). The third kappa shape index (κ3) is 1.20. The molecule has 0 aliphatic carbocycles. The van der Waals surface area contributed by atoms with Gasteiger partial charge in [0.1, 0.15) is 6.07 Å². The van der Waals surface area contributed by atoms with E-state index in [1.165, 1.54) is 7.11 Å². The second kappa shape index (κ2) is 2.92. The van der Waals surface area contributed by atoms with Gasteiger partial charge >= 0.3 is 0 Å². The quantitative estimate of drug-likeness (QED) is 0.581. The predicted molar refractivity (Wildman–Crippen MR) is 42.1 cm³/mol. The highest BCUT2D eigenvalue weighted by molar-refractivity contribution is 5.56. The third-order valence-electron chi connectivity index (χ3n) is 1.23. The highest BCUT2D eigenvalue weighted by atomic mass is 16.5. The van der Waals surface area contributed by atoms with E-state index >= 15 is 0 Å². The number of nitriles is 1. The lowest BCUT2D eigenvalue weighted by atomic mass is 10.3. The number of anilines is 2. The summed E-state index contributed by atoms with van der Waals surface area (Å²) < 4.78 is 4.76. The van der Waals surface area contributed by atoms with Crippen molar-refractivity contribution in [1.82, 2.24) is 9.97 Å². The lowest BCUT2D eigenvalue weighted by Gasteiger charge is -2.03. The predicted octanol–water partition coefficient (Wildman–Crippen LogP) is -0.479. The van der Waals surface area contributed by atoms with E-state index in [0.717, 1.165) is 0 Å². The van der Waals surface area contributed by atoms with Gasteiger partial charge in [0.05, 0.1) is 7.11 Å². The Bertz CT molecular complexity index is 343. The second-order valence-corrected chi connectivity index (χ2v) is 1.96. The molecule has 0 aliphatic heterocycles. The monoisotopic (exact) mass is 165 g/mol. The Hall–Kier alpha value is -2.03. The summed E-state index contributed by atoms with van der Waals surface area (Å²) in [6.45, 7) is 0. The summed E-state index contributed by atoms with van der Waals surface area (Å²) in [5.74, 6) is 0.118. The lowest BCUT2D eigenvalue weighted by molar-refractivity contribution is 0.396. The number of nitrogens with zero attached hydrogens (tertiary/aromatic N) is 3. The minimum atomic E-state index is -0.0108. The molecule has 1 heterocycles. The first-order valence-corrected chi connectivity index (χ1v) is 3.06. The Morgan fingerprint density at radius 3 is 2.58 bits per heavy atom. The summed E-state index contributed by atoms with van der Waals surface area (Å²) in [6, 6.07) is 1.81. The van der Waals surface area contributed by atoms with Gasteiger partial charge in [0.2, 0.25) is 11.8 Å². The van der Waals surface area contributed by atoms with Crippen molar-refractivity contribution in [2.45, 2.75) is 0 Å². The van der Waals surface area contributed by atoms with Gasteiger partial charge in [0, 0.05) is 0 Å². The molecule has 0 fully saturated rings. The van der Waals surface area contributed by atoms with E-state index in [2.05, 4.69) is 9.97 Å². The van der Waals surface area contributed by atoms with Crippen molar-refractivity contribution < 1.29 is 4.74 Å². The van der Waals surface area contributed by atoms with Crippen LogP contribution in [0.25, 0.3) is 0 Å². The molecule has 0 aliphatic rings.